The molecule has 76 valence electrons. The van der Waals surface area contributed by atoms with Crippen LogP contribution in [0.1, 0.15) is 50.3 Å². The van der Waals surface area contributed by atoms with E-state index in [1.807, 2.05) is 0 Å². The Labute approximate surface area is 87.3 Å². The summed E-state index contributed by atoms with van der Waals surface area (Å²) in [5.74, 6) is 1.46. The van der Waals surface area contributed by atoms with Crippen LogP contribution in [0.25, 0.3) is 0 Å². The minimum Gasteiger partial charge on any atom is -0.0611 e. The maximum Gasteiger partial charge on any atom is -0.00693 e. The third kappa shape index (κ3) is 1.13. The van der Waals surface area contributed by atoms with Crippen molar-refractivity contribution in [1.29, 1.82) is 0 Å². The van der Waals surface area contributed by atoms with Gasteiger partial charge in [-0.05, 0) is 35.3 Å². The Hall–Kier alpha value is -0.780. The van der Waals surface area contributed by atoms with Crippen LogP contribution in [0, 0.1) is 12.8 Å². The molecule has 1 aliphatic carbocycles. The van der Waals surface area contributed by atoms with Crippen molar-refractivity contribution < 1.29 is 0 Å². The highest BCUT2D eigenvalue weighted by Crippen LogP contribution is 2.49. The van der Waals surface area contributed by atoms with E-state index >= 15 is 0 Å². The van der Waals surface area contributed by atoms with Gasteiger partial charge in [-0.1, -0.05) is 51.5 Å². The maximum atomic E-state index is 2.38. The zero-order chi connectivity index (χ0) is 10.5. The van der Waals surface area contributed by atoms with E-state index in [-0.39, 0.29) is 0 Å². The summed E-state index contributed by atoms with van der Waals surface area (Å²) in [6.07, 6.45) is 0. The van der Waals surface area contributed by atoms with E-state index in [1.54, 1.807) is 11.1 Å². The Kier molecular flexibility index (Phi) is 1.99. The molecular weight excluding hydrogens is 168 g/mol. The van der Waals surface area contributed by atoms with Crippen LogP contribution in [0.5, 0.6) is 0 Å². The Balaban J connectivity index is 2.63. The fourth-order valence-electron chi connectivity index (χ4n) is 2.76. The highest BCUT2D eigenvalue weighted by molar-refractivity contribution is 5.44. The molecule has 2 rings (SSSR count). The molecule has 0 saturated carbocycles. The third-order valence-electron chi connectivity index (χ3n) is 4.28. The molecule has 0 fully saturated rings. The molecule has 2 atom stereocenters. The van der Waals surface area contributed by atoms with E-state index in [9.17, 15) is 0 Å². The zero-order valence-corrected chi connectivity index (χ0v) is 9.89. The quantitative estimate of drug-likeness (QED) is 0.576. The highest BCUT2D eigenvalue weighted by atomic mass is 14.4. The lowest BCUT2D eigenvalue weighted by atomic mass is 9.77. The van der Waals surface area contributed by atoms with Crippen LogP contribution in [0.15, 0.2) is 18.2 Å². The van der Waals surface area contributed by atoms with Crippen LogP contribution in [0.4, 0.5) is 0 Å². The fraction of sp³-hybridized carbons (Fsp3) is 0.571. The van der Waals surface area contributed by atoms with Gasteiger partial charge in [0.25, 0.3) is 0 Å². The largest absolute Gasteiger partial charge is 0.0611 e. The molecule has 0 heteroatoms. The van der Waals surface area contributed by atoms with Gasteiger partial charge < -0.3 is 0 Å². The van der Waals surface area contributed by atoms with E-state index in [1.165, 1.54) is 5.56 Å². The average Bonchev–Trinajstić information content (AvgIpc) is 2.29. The number of hydrogen-bond acceptors (Lipinski definition) is 0. The maximum absolute atomic E-state index is 2.38. The summed E-state index contributed by atoms with van der Waals surface area (Å²) < 4.78 is 0. The second-order valence-electron chi connectivity index (χ2n) is 5.39. The summed E-state index contributed by atoms with van der Waals surface area (Å²) in [4.78, 5) is 0. The fourth-order valence-corrected chi connectivity index (χ4v) is 2.76. The first-order valence-electron chi connectivity index (χ1n) is 5.55. The molecule has 0 aromatic heterocycles. The van der Waals surface area contributed by atoms with Gasteiger partial charge in [-0.15, -0.1) is 0 Å². The van der Waals surface area contributed by atoms with Crippen LogP contribution in [-0.2, 0) is 5.41 Å². The van der Waals surface area contributed by atoms with Crippen LogP contribution in [-0.4, -0.2) is 0 Å². The van der Waals surface area contributed by atoms with Gasteiger partial charge in [-0.3, -0.25) is 0 Å². The summed E-state index contributed by atoms with van der Waals surface area (Å²) in [5.41, 5.74) is 4.87. The molecule has 1 aromatic carbocycles. The molecule has 0 spiro atoms. The van der Waals surface area contributed by atoms with Crippen LogP contribution in [0.3, 0.4) is 0 Å². The summed E-state index contributed by atoms with van der Waals surface area (Å²) in [6.45, 7) is 11.7. The Bertz CT molecular complexity index is 360. The minimum absolute atomic E-state index is 0.348. The highest BCUT2D eigenvalue weighted by Gasteiger charge is 2.40. The lowest BCUT2D eigenvalue weighted by Crippen LogP contribution is -2.22. The predicted molar refractivity (Wildman–Crippen MR) is 61.8 cm³/mol. The van der Waals surface area contributed by atoms with E-state index in [4.69, 9.17) is 0 Å². The van der Waals surface area contributed by atoms with Crippen molar-refractivity contribution in [2.24, 2.45) is 5.92 Å². The van der Waals surface area contributed by atoms with Crippen molar-refractivity contribution in [3.05, 3.63) is 34.9 Å². The summed E-state index contributed by atoms with van der Waals surface area (Å²) in [6, 6.07) is 6.93. The number of hydrogen-bond donors (Lipinski definition) is 0. The first-order valence-corrected chi connectivity index (χ1v) is 5.55. The topological polar surface area (TPSA) is 0 Å². The molecule has 1 aliphatic rings. The molecular formula is C14H20. The smallest absolute Gasteiger partial charge is 0.00693 e. The second kappa shape index (κ2) is 2.85. The Morgan fingerprint density at radius 3 is 2.43 bits per heavy atom. The molecule has 0 amide bonds. The number of benzene rings is 1. The molecule has 0 unspecified atom stereocenters. The average molecular weight is 188 g/mol. The van der Waals surface area contributed by atoms with Gasteiger partial charge in [-0.25, -0.2) is 0 Å². The van der Waals surface area contributed by atoms with Gasteiger partial charge in [0.2, 0.25) is 0 Å². The van der Waals surface area contributed by atoms with Gasteiger partial charge in [0.05, 0.1) is 0 Å². The van der Waals surface area contributed by atoms with E-state index in [2.05, 4.69) is 52.8 Å². The third-order valence-corrected chi connectivity index (χ3v) is 4.28. The minimum atomic E-state index is 0.348. The number of fused-ring (bicyclic) bond motifs is 1. The summed E-state index contributed by atoms with van der Waals surface area (Å²) in [5, 5.41) is 0. The molecule has 0 heterocycles. The van der Waals surface area contributed by atoms with Crippen molar-refractivity contribution in [3.8, 4) is 0 Å². The molecule has 1 aromatic rings. The van der Waals surface area contributed by atoms with Gasteiger partial charge in [-0.2, -0.15) is 0 Å². The van der Waals surface area contributed by atoms with Crippen LogP contribution >= 0.6 is 0 Å². The second-order valence-corrected chi connectivity index (χ2v) is 5.39. The van der Waals surface area contributed by atoms with Gasteiger partial charge in [0.15, 0.2) is 0 Å². The lowest BCUT2D eigenvalue weighted by Gasteiger charge is -2.27. The van der Waals surface area contributed by atoms with E-state index in [0.29, 0.717) is 11.3 Å². The van der Waals surface area contributed by atoms with Crippen molar-refractivity contribution in [1.82, 2.24) is 0 Å². The standard InChI is InChI=1S/C14H20/c1-9-6-7-12-10(2)11(3)14(4,5)13(12)8-9/h6-8,10-11H,1-5H3/t10-,11+/m1/s1. The summed E-state index contributed by atoms with van der Waals surface area (Å²) in [7, 11) is 0. The van der Waals surface area contributed by atoms with Crippen LogP contribution < -0.4 is 0 Å². The van der Waals surface area contributed by atoms with Crippen LogP contribution in [0.2, 0.25) is 0 Å². The molecule has 0 nitrogen and oxygen atoms in total. The predicted octanol–water partition coefficient (Wildman–Crippen LogP) is 4.03. The van der Waals surface area contributed by atoms with Gasteiger partial charge in [0, 0.05) is 0 Å². The van der Waals surface area contributed by atoms with Gasteiger partial charge >= 0.3 is 0 Å². The Morgan fingerprint density at radius 2 is 1.79 bits per heavy atom. The first kappa shape index (κ1) is 9.76. The molecule has 0 N–H and O–H groups in total. The van der Waals surface area contributed by atoms with Gasteiger partial charge in [0.1, 0.15) is 0 Å². The molecule has 0 aliphatic heterocycles. The normalized spacial score (nSPS) is 28.9. The Morgan fingerprint density at radius 1 is 1.14 bits per heavy atom. The zero-order valence-electron chi connectivity index (χ0n) is 9.89. The van der Waals surface area contributed by atoms with Crippen molar-refractivity contribution in [2.75, 3.05) is 0 Å². The van der Waals surface area contributed by atoms with E-state index < -0.39 is 0 Å². The SMILES string of the molecule is Cc1ccc2c(c1)C(C)(C)[C@@H](C)[C@H]2C. The van der Waals surface area contributed by atoms with Crippen molar-refractivity contribution in [3.63, 3.8) is 0 Å². The monoisotopic (exact) mass is 188 g/mol. The molecule has 0 bridgehead atoms. The lowest BCUT2D eigenvalue weighted by molar-refractivity contribution is 0.342. The number of rotatable bonds is 0. The van der Waals surface area contributed by atoms with E-state index in [0.717, 1.165) is 5.92 Å². The van der Waals surface area contributed by atoms with Crippen molar-refractivity contribution >= 4 is 0 Å². The molecule has 0 radical (unpaired) electrons. The molecule has 0 saturated heterocycles. The number of aryl methyl sites for hydroxylation is 1. The van der Waals surface area contributed by atoms with Crippen molar-refractivity contribution in [2.45, 2.75) is 46.0 Å². The first-order chi connectivity index (χ1) is 6.44. The molecule has 14 heavy (non-hydrogen) atoms. The summed E-state index contributed by atoms with van der Waals surface area (Å²) >= 11 is 0.